The maximum absolute atomic E-state index is 11.1. The maximum Gasteiger partial charge on any atom is 0.149 e. The van der Waals surface area contributed by atoms with Gasteiger partial charge in [0.2, 0.25) is 0 Å². The minimum atomic E-state index is 0.139. The molecule has 2 N–H and O–H groups in total. The Morgan fingerprint density at radius 1 is 1.45 bits per heavy atom. The average Bonchev–Trinajstić information content (AvgIpc) is 2.02. The van der Waals surface area contributed by atoms with Crippen molar-refractivity contribution in [1.82, 2.24) is 0 Å². The summed E-state index contributed by atoms with van der Waals surface area (Å²) < 4.78 is 0. The summed E-state index contributed by atoms with van der Waals surface area (Å²) in [5.41, 5.74) is 5.26. The van der Waals surface area contributed by atoms with Crippen LogP contribution in [0.3, 0.4) is 0 Å². The molecular weight excluding hydrogens is 138 g/mol. The Labute approximate surface area is 69.2 Å². The molecule has 2 nitrogen and oxygen atoms in total. The molecule has 0 aromatic heterocycles. The lowest BCUT2D eigenvalue weighted by atomic mass is 9.88. The third-order valence-electron chi connectivity index (χ3n) is 2.31. The van der Waals surface area contributed by atoms with Gasteiger partial charge in [-0.15, -0.1) is 0 Å². The summed E-state index contributed by atoms with van der Waals surface area (Å²) in [6.45, 7) is 6.41. The van der Waals surface area contributed by atoms with E-state index >= 15 is 0 Å². The van der Waals surface area contributed by atoms with Crippen molar-refractivity contribution in [1.29, 1.82) is 0 Å². The van der Waals surface area contributed by atoms with Gasteiger partial charge in [0.25, 0.3) is 0 Å². The number of nitrogens with two attached hydrogens (primary N) is 1. The molecule has 0 bridgehead atoms. The summed E-state index contributed by atoms with van der Waals surface area (Å²) in [4.78, 5) is 11.1. The molecule has 0 heterocycles. The summed E-state index contributed by atoms with van der Waals surface area (Å²) >= 11 is 0. The third kappa shape index (κ3) is 3.51. The van der Waals surface area contributed by atoms with Crippen molar-refractivity contribution >= 4 is 5.78 Å². The fourth-order valence-corrected chi connectivity index (χ4v) is 1.21. The molecule has 0 saturated heterocycles. The van der Waals surface area contributed by atoms with Gasteiger partial charge in [0.15, 0.2) is 0 Å². The number of ketones is 1. The number of hydrogen-bond donors (Lipinski definition) is 1. The molecule has 0 radical (unpaired) electrons. The largest absolute Gasteiger partial charge is 0.324 e. The first-order valence-corrected chi connectivity index (χ1v) is 4.36. The summed E-state index contributed by atoms with van der Waals surface area (Å²) in [5.74, 6) is 0.807. The molecular formula is C9H19NO. The van der Waals surface area contributed by atoms with Gasteiger partial charge in [0.1, 0.15) is 5.78 Å². The van der Waals surface area contributed by atoms with Crippen LogP contribution in [-0.4, -0.2) is 12.3 Å². The van der Waals surface area contributed by atoms with Crippen molar-refractivity contribution in [3.8, 4) is 0 Å². The SMILES string of the molecule is CCCC(C)C(C)C(=O)CN. The Balaban J connectivity index is 3.80. The van der Waals surface area contributed by atoms with E-state index in [1.54, 1.807) is 0 Å². The quantitative estimate of drug-likeness (QED) is 0.658. The molecule has 2 heteroatoms. The first-order chi connectivity index (χ1) is 5.13. The van der Waals surface area contributed by atoms with Crippen LogP contribution in [0, 0.1) is 11.8 Å². The summed E-state index contributed by atoms with van der Waals surface area (Å²) in [7, 11) is 0. The number of carbonyl (C=O) groups excluding carboxylic acids is 1. The van der Waals surface area contributed by atoms with Crippen LogP contribution < -0.4 is 5.73 Å². The van der Waals surface area contributed by atoms with E-state index in [1.807, 2.05) is 6.92 Å². The Morgan fingerprint density at radius 3 is 2.36 bits per heavy atom. The summed E-state index contributed by atoms with van der Waals surface area (Å²) in [6.07, 6.45) is 2.26. The molecule has 0 rings (SSSR count). The smallest absolute Gasteiger partial charge is 0.149 e. The van der Waals surface area contributed by atoms with Gasteiger partial charge < -0.3 is 5.73 Å². The fourth-order valence-electron chi connectivity index (χ4n) is 1.21. The molecule has 0 spiro atoms. The highest BCUT2D eigenvalue weighted by molar-refractivity contribution is 5.82. The van der Waals surface area contributed by atoms with Crippen molar-refractivity contribution in [2.75, 3.05) is 6.54 Å². The van der Waals surface area contributed by atoms with Crippen LogP contribution in [0.4, 0.5) is 0 Å². The second kappa shape index (κ2) is 5.30. The van der Waals surface area contributed by atoms with Crippen LogP contribution in [0.2, 0.25) is 0 Å². The van der Waals surface area contributed by atoms with E-state index in [9.17, 15) is 4.79 Å². The van der Waals surface area contributed by atoms with E-state index in [2.05, 4.69) is 13.8 Å². The third-order valence-corrected chi connectivity index (χ3v) is 2.31. The monoisotopic (exact) mass is 157 g/mol. The van der Waals surface area contributed by atoms with E-state index < -0.39 is 0 Å². The zero-order valence-corrected chi connectivity index (χ0v) is 7.76. The van der Waals surface area contributed by atoms with Crippen molar-refractivity contribution < 1.29 is 4.79 Å². The van der Waals surface area contributed by atoms with Crippen molar-refractivity contribution in [3.63, 3.8) is 0 Å². The first-order valence-electron chi connectivity index (χ1n) is 4.36. The Morgan fingerprint density at radius 2 is 2.00 bits per heavy atom. The van der Waals surface area contributed by atoms with Gasteiger partial charge in [-0.2, -0.15) is 0 Å². The predicted molar refractivity (Wildman–Crippen MR) is 47.3 cm³/mol. The number of rotatable bonds is 5. The second-order valence-corrected chi connectivity index (χ2v) is 3.23. The van der Waals surface area contributed by atoms with Crippen molar-refractivity contribution in [2.45, 2.75) is 33.6 Å². The molecule has 0 aliphatic carbocycles. The summed E-state index contributed by atoms with van der Waals surface area (Å²) in [6, 6.07) is 0. The van der Waals surface area contributed by atoms with Crippen molar-refractivity contribution in [3.05, 3.63) is 0 Å². The molecule has 2 atom stereocenters. The topological polar surface area (TPSA) is 43.1 Å². The van der Waals surface area contributed by atoms with Crippen LogP contribution >= 0.6 is 0 Å². The normalized spacial score (nSPS) is 16.0. The number of Topliss-reactive ketones (excluding diaryl/α,β-unsaturated/α-hetero) is 1. The van der Waals surface area contributed by atoms with Gasteiger partial charge in [-0.1, -0.05) is 33.6 Å². The minimum Gasteiger partial charge on any atom is -0.324 e. The van der Waals surface area contributed by atoms with Gasteiger partial charge >= 0.3 is 0 Å². The molecule has 0 amide bonds. The highest BCUT2D eigenvalue weighted by Gasteiger charge is 2.17. The molecule has 0 fully saturated rings. The van der Waals surface area contributed by atoms with Crippen LogP contribution in [0.5, 0.6) is 0 Å². The lowest BCUT2D eigenvalue weighted by Crippen LogP contribution is -2.25. The fraction of sp³-hybridized carbons (Fsp3) is 0.889. The Kier molecular flexibility index (Phi) is 5.12. The van der Waals surface area contributed by atoms with Gasteiger partial charge in [0, 0.05) is 5.92 Å². The zero-order valence-electron chi connectivity index (χ0n) is 7.76. The highest BCUT2D eigenvalue weighted by Crippen LogP contribution is 2.16. The van der Waals surface area contributed by atoms with E-state index in [0.29, 0.717) is 5.92 Å². The van der Waals surface area contributed by atoms with Crippen LogP contribution in [0.25, 0.3) is 0 Å². The maximum atomic E-state index is 11.1. The second-order valence-electron chi connectivity index (χ2n) is 3.23. The first kappa shape index (κ1) is 10.6. The lowest BCUT2D eigenvalue weighted by molar-refractivity contribution is -0.122. The van der Waals surface area contributed by atoms with Crippen LogP contribution in [-0.2, 0) is 4.79 Å². The van der Waals surface area contributed by atoms with E-state index in [4.69, 9.17) is 5.73 Å². The van der Waals surface area contributed by atoms with Gasteiger partial charge in [0.05, 0.1) is 6.54 Å². The zero-order chi connectivity index (χ0) is 8.85. The predicted octanol–water partition coefficient (Wildman–Crippen LogP) is 1.59. The molecule has 66 valence electrons. The van der Waals surface area contributed by atoms with Gasteiger partial charge in [-0.25, -0.2) is 0 Å². The van der Waals surface area contributed by atoms with E-state index in [-0.39, 0.29) is 18.2 Å². The van der Waals surface area contributed by atoms with E-state index in [1.165, 1.54) is 0 Å². The van der Waals surface area contributed by atoms with Gasteiger partial charge in [-0.3, -0.25) is 4.79 Å². The standard InChI is InChI=1S/C9H19NO/c1-4-5-7(2)8(3)9(11)6-10/h7-8H,4-6,10H2,1-3H3. The molecule has 0 aromatic rings. The van der Waals surface area contributed by atoms with Crippen LogP contribution in [0.15, 0.2) is 0 Å². The molecule has 0 aromatic carbocycles. The average molecular weight is 157 g/mol. The minimum absolute atomic E-state index is 0.139. The van der Waals surface area contributed by atoms with Gasteiger partial charge in [-0.05, 0) is 5.92 Å². The summed E-state index contributed by atoms with van der Waals surface area (Å²) in [5, 5.41) is 0. The molecule has 0 aliphatic rings. The molecule has 11 heavy (non-hydrogen) atoms. The molecule has 2 unspecified atom stereocenters. The van der Waals surface area contributed by atoms with E-state index in [0.717, 1.165) is 12.8 Å². The Hall–Kier alpha value is -0.370. The van der Waals surface area contributed by atoms with Crippen LogP contribution in [0.1, 0.15) is 33.6 Å². The number of carbonyl (C=O) groups is 1. The lowest BCUT2D eigenvalue weighted by Gasteiger charge is -2.16. The highest BCUT2D eigenvalue weighted by atomic mass is 16.1. The molecule has 0 aliphatic heterocycles. The Bertz CT molecular complexity index is 123. The van der Waals surface area contributed by atoms with Crippen molar-refractivity contribution in [2.24, 2.45) is 17.6 Å². The number of hydrogen-bond acceptors (Lipinski definition) is 2. The molecule has 0 saturated carbocycles.